The Hall–Kier alpha value is -2.50. The summed E-state index contributed by atoms with van der Waals surface area (Å²) < 4.78 is 7.20. The summed E-state index contributed by atoms with van der Waals surface area (Å²) in [6.07, 6.45) is 1.67. The molecule has 1 amide bonds. The predicted octanol–water partition coefficient (Wildman–Crippen LogP) is 5.10. The fraction of sp³-hybridized carbons (Fsp3) is 0.158. The van der Waals surface area contributed by atoms with Gasteiger partial charge in [0.25, 0.3) is 5.91 Å². The summed E-state index contributed by atoms with van der Waals surface area (Å²) in [5.41, 5.74) is 2.78. The number of rotatable bonds is 5. The number of amides is 1. The Labute approximate surface area is 161 Å². The number of benzene rings is 2. The van der Waals surface area contributed by atoms with Crippen molar-refractivity contribution in [3.8, 4) is 5.75 Å². The standard InChI is InChI=1S/C19H17Cl2N3O2/c1-12-6-7-15(21)18(10-12)26-11-24-9-8-17(23-24)19(25)22-16-5-3-4-14(20)13(16)2/h3-10H,11H2,1-2H3,(H,22,25). The van der Waals surface area contributed by atoms with Crippen molar-refractivity contribution in [2.45, 2.75) is 20.6 Å². The number of hydrogen-bond acceptors (Lipinski definition) is 3. The second kappa shape index (κ2) is 7.81. The molecule has 0 spiro atoms. The molecule has 0 aliphatic heterocycles. The van der Waals surface area contributed by atoms with Gasteiger partial charge >= 0.3 is 0 Å². The van der Waals surface area contributed by atoms with E-state index in [2.05, 4.69) is 10.4 Å². The van der Waals surface area contributed by atoms with Crippen LogP contribution in [0.15, 0.2) is 48.7 Å². The molecule has 1 heterocycles. The van der Waals surface area contributed by atoms with Crippen molar-refractivity contribution in [3.63, 3.8) is 0 Å². The van der Waals surface area contributed by atoms with Crippen molar-refractivity contribution < 1.29 is 9.53 Å². The molecule has 0 saturated heterocycles. The Morgan fingerprint density at radius 2 is 1.96 bits per heavy atom. The normalized spacial score (nSPS) is 10.6. The summed E-state index contributed by atoms with van der Waals surface area (Å²) in [7, 11) is 0. The van der Waals surface area contributed by atoms with Gasteiger partial charge < -0.3 is 10.1 Å². The van der Waals surface area contributed by atoms with Gasteiger partial charge in [-0.3, -0.25) is 4.79 Å². The number of ether oxygens (including phenoxy) is 1. The van der Waals surface area contributed by atoms with Gasteiger partial charge in [0.1, 0.15) is 5.75 Å². The van der Waals surface area contributed by atoms with E-state index in [0.717, 1.165) is 11.1 Å². The molecule has 1 aromatic heterocycles. The van der Waals surface area contributed by atoms with Gasteiger partial charge in [-0.05, 0) is 55.3 Å². The van der Waals surface area contributed by atoms with Crippen LogP contribution in [0.4, 0.5) is 5.69 Å². The first-order valence-corrected chi connectivity index (χ1v) is 8.68. The second-order valence-electron chi connectivity index (χ2n) is 5.81. The lowest BCUT2D eigenvalue weighted by Crippen LogP contribution is -2.15. The smallest absolute Gasteiger partial charge is 0.276 e. The molecule has 0 unspecified atom stereocenters. The van der Waals surface area contributed by atoms with Crippen LogP contribution in [0.5, 0.6) is 5.75 Å². The third-order valence-electron chi connectivity index (χ3n) is 3.83. The van der Waals surface area contributed by atoms with E-state index in [1.165, 1.54) is 4.68 Å². The van der Waals surface area contributed by atoms with Crippen molar-refractivity contribution in [2.24, 2.45) is 0 Å². The molecule has 0 saturated carbocycles. The molecule has 0 fully saturated rings. The average molecular weight is 390 g/mol. The highest BCUT2D eigenvalue weighted by Crippen LogP contribution is 2.25. The Morgan fingerprint density at radius 1 is 1.15 bits per heavy atom. The minimum atomic E-state index is -0.317. The number of carbonyl (C=O) groups excluding carboxylic acids is 1. The molecule has 0 atom stereocenters. The first-order valence-electron chi connectivity index (χ1n) is 7.93. The van der Waals surface area contributed by atoms with Crippen LogP contribution in [0, 0.1) is 13.8 Å². The molecule has 3 rings (SSSR count). The molecular weight excluding hydrogens is 373 g/mol. The maximum absolute atomic E-state index is 12.4. The van der Waals surface area contributed by atoms with Crippen molar-refractivity contribution in [3.05, 3.63) is 75.5 Å². The third kappa shape index (κ3) is 4.18. The zero-order chi connectivity index (χ0) is 18.7. The summed E-state index contributed by atoms with van der Waals surface area (Å²) in [4.78, 5) is 12.4. The van der Waals surface area contributed by atoms with Crippen LogP contribution in [0.25, 0.3) is 0 Å². The minimum absolute atomic E-state index is 0.145. The third-order valence-corrected chi connectivity index (χ3v) is 4.55. The van der Waals surface area contributed by atoms with Crippen LogP contribution >= 0.6 is 23.2 Å². The maximum atomic E-state index is 12.4. The molecule has 0 bridgehead atoms. The Bertz CT molecular complexity index is 954. The molecule has 1 N–H and O–H groups in total. The number of nitrogens with zero attached hydrogens (tertiary/aromatic N) is 2. The highest BCUT2D eigenvalue weighted by molar-refractivity contribution is 6.32. The summed E-state index contributed by atoms with van der Waals surface area (Å²) >= 11 is 12.2. The quantitative estimate of drug-likeness (QED) is 0.660. The van der Waals surface area contributed by atoms with Crippen LogP contribution in [0.2, 0.25) is 10.0 Å². The highest BCUT2D eigenvalue weighted by Gasteiger charge is 2.12. The van der Waals surface area contributed by atoms with Crippen molar-refractivity contribution in [2.75, 3.05) is 5.32 Å². The lowest BCUT2D eigenvalue weighted by atomic mass is 10.2. The Morgan fingerprint density at radius 3 is 2.77 bits per heavy atom. The van der Waals surface area contributed by atoms with Crippen molar-refractivity contribution >= 4 is 34.8 Å². The van der Waals surface area contributed by atoms with Crippen LogP contribution in [-0.4, -0.2) is 15.7 Å². The van der Waals surface area contributed by atoms with Crippen molar-refractivity contribution in [1.82, 2.24) is 9.78 Å². The Balaban J connectivity index is 1.66. The molecule has 0 aliphatic rings. The van der Waals surface area contributed by atoms with Gasteiger partial charge in [0.05, 0.1) is 5.02 Å². The average Bonchev–Trinajstić information content (AvgIpc) is 3.09. The fourth-order valence-corrected chi connectivity index (χ4v) is 2.69. The van der Waals surface area contributed by atoms with E-state index in [1.54, 1.807) is 36.5 Å². The molecule has 3 aromatic rings. The lowest BCUT2D eigenvalue weighted by molar-refractivity contribution is 0.102. The molecule has 0 radical (unpaired) electrons. The lowest BCUT2D eigenvalue weighted by Gasteiger charge is -2.09. The van der Waals surface area contributed by atoms with E-state index in [9.17, 15) is 4.79 Å². The number of anilines is 1. The van der Waals surface area contributed by atoms with Crippen LogP contribution < -0.4 is 10.1 Å². The van der Waals surface area contributed by atoms with Crippen LogP contribution in [-0.2, 0) is 6.73 Å². The second-order valence-corrected chi connectivity index (χ2v) is 6.63. The van der Waals surface area contributed by atoms with E-state index in [-0.39, 0.29) is 18.3 Å². The summed E-state index contributed by atoms with van der Waals surface area (Å²) in [6.45, 7) is 3.94. The van der Waals surface area contributed by atoms with E-state index >= 15 is 0 Å². The summed E-state index contributed by atoms with van der Waals surface area (Å²) in [6, 6.07) is 12.5. The van der Waals surface area contributed by atoms with Gasteiger partial charge in [-0.2, -0.15) is 5.10 Å². The summed E-state index contributed by atoms with van der Waals surface area (Å²) in [5, 5.41) is 8.16. The van der Waals surface area contributed by atoms with Crippen LogP contribution in [0.3, 0.4) is 0 Å². The molecule has 134 valence electrons. The zero-order valence-electron chi connectivity index (χ0n) is 14.3. The van der Waals surface area contributed by atoms with Gasteiger partial charge in [-0.25, -0.2) is 4.68 Å². The molecule has 5 nitrogen and oxygen atoms in total. The number of aryl methyl sites for hydroxylation is 1. The van der Waals surface area contributed by atoms with Crippen LogP contribution in [0.1, 0.15) is 21.6 Å². The number of halogens is 2. The van der Waals surface area contributed by atoms with Gasteiger partial charge in [0.15, 0.2) is 12.4 Å². The summed E-state index contributed by atoms with van der Waals surface area (Å²) in [5.74, 6) is 0.255. The van der Waals surface area contributed by atoms with Gasteiger partial charge in [0.2, 0.25) is 0 Å². The maximum Gasteiger partial charge on any atom is 0.276 e. The molecule has 2 aromatic carbocycles. The van der Waals surface area contributed by atoms with E-state index in [4.69, 9.17) is 27.9 Å². The topological polar surface area (TPSA) is 56.1 Å². The first-order chi connectivity index (χ1) is 12.4. The van der Waals surface area contributed by atoms with Gasteiger partial charge in [-0.1, -0.05) is 35.3 Å². The number of carbonyl (C=O) groups is 1. The largest absolute Gasteiger partial charge is 0.470 e. The highest BCUT2D eigenvalue weighted by atomic mass is 35.5. The zero-order valence-corrected chi connectivity index (χ0v) is 15.8. The number of hydrogen-bond donors (Lipinski definition) is 1. The SMILES string of the molecule is Cc1ccc(Cl)c(OCn2ccc(C(=O)Nc3cccc(Cl)c3C)n2)c1. The molecular formula is C19H17Cl2N3O2. The molecule has 0 aliphatic carbocycles. The van der Waals surface area contributed by atoms with E-state index in [0.29, 0.717) is 21.5 Å². The van der Waals surface area contributed by atoms with Gasteiger partial charge in [0, 0.05) is 16.9 Å². The molecule has 7 heteroatoms. The monoisotopic (exact) mass is 389 g/mol. The van der Waals surface area contributed by atoms with E-state index in [1.807, 2.05) is 26.0 Å². The predicted molar refractivity (Wildman–Crippen MR) is 103 cm³/mol. The minimum Gasteiger partial charge on any atom is -0.470 e. The molecule has 26 heavy (non-hydrogen) atoms. The number of aromatic nitrogens is 2. The first kappa shape index (κ1) is 18.3. The van der Waals surface area contributed by atoms with E-state index < -0.39 is 0 Å². The fourth-order valence-electron chi connectivity index (χ4n) is 2.34. The van der Waals surface area contributed by atoms with Crippen molar-refractivity contribution in [1.29, 1.82) is 0 Å². The van der Waals surface area contributed by atoms with Gasteiger partial charge in [-0.15, -0.1) is 0 Å². The number of nitrogens with one attached hydrogen (secondary N) is 1. The Kier molecular flexibility index (Phi) is 5.49.